The Kier molecular flexibility index (Phi) is 7.21. The van der Waals surface area contributed by atoms with Crippen molar-refractivity contribution in [1.29, 1.82) is 5.26 Å². The molecule has 0 amide bonds. The number of Topliss-reactive ketones (excluding diaryl/α,β-unsaturated/α-hetero) is 1. The van der Waals surface area contributed by atoms with Crippen LogP contribution in [-0.2, 0) is 11.2 Å². The van der Waals surface area contributed by atoms with Crippen molar-refractivity contribution in [1.82, 2.24) is 9.97 Å². The molecule has 1 aromatic carbocycles. The van der Waals surface area contributed by atoms with E-state index in [1.165, 1.54) is 12.4 Å². The van der Waals surface area contributed by atoms with Crippen molar-refractivity contribution in [2.75, 3.05) is 0 Å². The summed E-state index contributed by atoms with van der Waals surface area (Å²) in [7, 11) is 0. The number of ether oxygens (including phenoxy) is 1. The third-order valence-corrected chi connectivity index (χ3v) is 5.83. The normalized spacial score (nSPS) is 21.9. The van der Waals surface area contributed by atoms with Gasteiger partial charge in [0, 0.05) is 25.2 Å². The molecule has 0 aliphatic carbocycles. The number of nitriles is 1. The Bertz CT molecular complexity index is 1280. The molecule has 3 aromatic rings. The maximum Gasteiger partial charge on any atom is 0.185 e. The predicted octanol–water partition coefficient (Wildman–Crippen LogP) is 3.45. The van der Waals surface area contributed by atoms with Crippen molar-refractivity contribution in [2.45, 2.75) is 43.7 Å². The predicted molar refractivity (Wildman–Crippen MR) is 116 cm³/mol. The van der Waals surface area contributed by atoms with Gasteiger partial charge in [-0.1, -0.05) is 6.07 Å². The van der Waals surface area contributed by atoms with Crippen LogP contribution in [0, 0.1) is 28.8 Å². The number of aliphatic hydroxyl groups excluding tert-OH is 2. The first kappa shape index (κ1) is 24.5. The van der Waals surface area contributed by atoms with E-state index in [1.807, 2.05) is 6.07 Å². The topological polar surface area (TPSA) is 116 Å². The maximum absolute atomic E-state index is 14.4. The molecule has 1 aliphatic rings. The fourth-order valence-electron chi connectivity index (χ4n) is 4.07. The van der Waals surface area contributed by atoms with E-state index in [9.17, 15) is 28.2 Å². The molecule has 0 bridgehead atoms. The second-order valence-electron chi connectivity index (χ2n) is 8.12. The summed E-state index contributed by atoms with van der Waals surface area (Å²) in [4.78, 5) is 20.9. The molecule has 1 saturated heterocycles. The van der Waals surface area contributed by atoms with Crippen molar-refractivity contribution in [3.05, 3.63) is 83.1 Å². The molecule has 1 fully saturated rings. The van der Waals surface area contributed by atoms with Crippen LogP contribution in [0.4, 0.5) is 13.2 Å². The molecule has 180 valence electrons. The van der Waals surface area contributed by atoms with Gasteiger partial charge in [-0.25, -0.2) is 18.2 Å². The SMILES string of the molecule is N#CC[C@H]1O[C@@H](c2ccncc2CC(=O)c2ccc(F)c(-c3c(F)cccc3F)n2)C[C@@H](O)[C@@H]1O. The number of rotatable bonds is 6. The number of hydrogen-bond acceptors (Lipinski definition) is 7. The lowest BCUT2D eigenvalue weighted by atomic mass is 9.90. The number of benzene rings is 1. The molecule has 0 saturated carbocycles. The fourth-order valence-corrected chi connectivity index (χ4v) is 4.07. The quantitative estimate of drug-likeness (QED) is 0.516. The number of halogens is 3. The number of carbonyl (C=O) groups excluding carboxylic acids is 1. The number of ketones is 1. The van der Waals surface area contributed by atoms with Gasteiger partial charge >= 0.3 is 0 Å². The van der Waals surface area contributed by atoms with E-state index in [2.05, 4.69) is 9.97 Å². The molecule has 7 nitrogen and oxygen atoms in total. The van der Waals surface area contributed by atoms with E-state index in [0.717, 1.165) is 30.3 Å². The maximum atomic E-state index is 14.4. The molecule has 0 unspecified atom stereocenters. The van der Waals surface area contributed by atoms with Crippen molar-refractivity contribution in [3.63, 3.8) is 0 Å². The average molecular weight is 483 g/mol. The lowest BCUT2D eigenvalue weighted by Crippen LogP contribution is -2.45. The van der Waals surface area contributed by atoms with Crippen LogP contribution in [0.1, 0.15) is 40.6 Å². The Labute approximate surface area is 198 Å². The van der Waals surface area contributed by atoms with Crippen molar-refractivity contribution >= 4 is 5.78 Å². The third kappa shape index (κ3) is 5.07. The van der Waals surface area contributed by atoms with E-state index in [1.54, 1.807) is 6.07 Å². The number of aliphatic hydroxyl groups is 2. The second-order valence-corrected chi connectivity index (χ2v) is 8.12. The van der Waals surface area contributed by atoms with Crippen molar-refractivity contribution in [2.24, 2.45) is 0 Å². The smallest absolute Gasteiger partial charge is 0.185 e. The van der Waals surface area contributed by atoms with E-state index in [4.69, 9.17) is 10.00 Å². The van der Waals surface area contributed by atoms with Gasteiger partial charge < -0.3 is 14.9 Å². The summed E-state index contributed by atoms with van der Waals surface area (Å²) < 4.78 is 48.6. The Morgan fingerprint density at radius 1 is 1.11 bits per heavy atom. The van der Waals surface area contributed by atoms with Gasteiger partial charge in [0.2, 0.25) is 0 Å². The molecule has 3 heterocycles. The summed E-state index contributed by atoms with van der Waals surface area (Å²) in [5.41, 5.74) is -0.559. The van der Waals surface area contributed by atoms with E-state index in [0.29, 0.717) is 11.1 Å². The lowest BCUT2D eigenvalue weighted by molar-refractivity contribution is -0.168. The van der Waals surface area contributed by atoms with E-state index >= 15 is 0 Å². The standard InChI is InChI=1S/C25H20F3N3O4/c26-15-2-1-3-16(27)23(15)24-17(28)4-5-18(31-24)19(32)10-13-12-30-9-7-14(13)22-11-20(33)25(34)21(35-22)6-8-29/h1-5,7,9,12,20-22,25,33-34H,6,10-11H2/t20-,21-,22-,25+/m1/s1. The van der Waals surface area contributed by atoms with Crippen LogP contribution < -0.4 is 0 Å². The summed E-state index contributed by atoms with van der Waals surface area (Å²) in [6, 6.07) is 8.60. The monoisotopic (exact) mass is 483 g/mol. The summed E-state index contributed by atoms with van der Waals surface area (Å²) in [5, 5.41) is 29.3. The number of carbonyl (C=O) groups is 1. The molecule has 2 N–H and O–H groups in total. The van der Waals surface area contributed by atoms with Crippen LogP contribution in [0.15, 0.2) is 48.8 Å². The first-order valence-electron chi connectivity index (χ1n) is 10.8. The Morgan fingerprint density at radius 2 is 1.86 bits per heavy atom. The zero-order valence-corrected chi connectivity index (χ0v) is 18.2. The number of pyridine rings is 2. The Hall–Kier alpha value is -3.65. The number of aromatic nitrogens is 2. The van der Waals surface area contributed by atoms with Gasteiger partial charge in [0.1, 0.15) is 34.9 Å². The van der Waals surface area contributed by atoms with Crippen molar-refractivity contribution in [3.8, 4) is 17.3 Å². The summed E-state index contributed by atoms with van der Waals surface area (Å²) in [6.45, 7) is 0. The highest BCUT2D eigenvalue weighted by Gasteiger charge is 2.38. The average Bonchev–Trinajstić information content (AvgIpc) is 2.83. The van der Waals surface area contributed by atoms with E-state index in [-0.39, 0.29) is 25.0 Å². The minimum absolute atomic E-state index is 0.0276. The van der Waals surface area contributed by atoms with Gasteiger partial charge in [0.25, 0.3) is 0 Å². The van der Waals surface area contributed by atoms with Crippen LogP contribution in [0.2, 0.25) is 0 Å². The van der Waals surface area contributed by atoms with Gasteiger partial charge in [0.15, 0.2) is 5.78 Å². The third-order valence-electron chi connectivity index (χ3n) is 5.83. The Morgan fingerprint density at radius 3 is 2.57 bits per heavy atom. The largest absolute Gasteiger partial charge is 0.390 e. The highest BCUT2D eigenvalue weighted by molar-refractivity contribution is 5.96. The van der Waals surface area contributed by atoms with Gasteiger partial charge in [-0.05, 0) is 41.5 Å². The zero-order valence-electron chi connectivity index (χ0n) is 18.2. The Balaban J connectivity index is 1.62. The molecule has 4 atom stereocenters. The van der Waals surface area contributed by atoms with Crippen LogP contribution in [0.5, 0.6) is 0 Å². The first-order valence-corrected chi connectivity index (χ1v) is 10.8. The van der Waals surface area contributed by atoms with Gasteiger partial charge in [-0.2, -0.15) is 5.26 Å². The molecule has 0 radical (unpaired) electrons. The van der Waals surface area contributed by atoms with Crippen LogP contribution >= 0.6 is 0 Å². The van der Waals surface area contributed by atoms with Crippen molar-refractivity contribution < 1.29 is 32.9 Å². The first-order chi connectivity index (χ1) is 16.8. The second kappa shape index (κ2) is 10.3. The lowest BCUT2D eigenvalue weighted by Gasteiger charge is -2.37. The molecule has 0 spiro atoms. The number of nitrogens with zero attached hydrogens (tertiary/aromatic N) is 3. The van der Waals surface area contributed by atoms with Gasteiger partial charge in [0.05, 0.1) is 36.4 Å². The summed E-state index contributed by atoms with van der Waals surface area (Å²) in [6.07, 6.45) is -1.46. The zero-order chi connectivity index (χ0) is 25.1. The molecule has 4 rings (SSSR count). The highest BCUT2D eigenvalue weighted by atomic mass is 19.1. The summed E-state index contributed by atoms with van der Waals surface area (Å²) in [5.74, 6) is -3.59. The minimum Gasteiger partial charge on any atom is -0.390 e. The van der Waals surface area contributed by atoms with Gasteiger partial charge in [-0.3, -0.25) is 9.78 Å². The van der Waals surface area contributed by atoms with Crippen LogP contribution in [-0.4, -0.2) is 44.3 Å². The molecular formula is C25H20F3N3O4. The minimum atomic E-state index is -1.22. The molecule has 10 heteroatoms. The highest BCUT2D eigenvalue weighted by Crippen LogP contribution is 2.35. The van der Waals surface area contributed by atoms with Gasteiger partial charge in [-0.15, -0.1) is 0 Å². The van der Waals surface area contributed by atoms with Crippen LogP contribution in [0.25, 0.3) is 11.3 Å². The fraction of sp³-hybridized carbons (Fsp3) is 0.280. The molecule has 2 aromatic heterocycles. The molecule has 1 aliphatic heterocycles. The molecular weight excluding hydrogens is 463 g/mol. The summed E-state index contributed by atoms with van der Waals surface area (Å²) >= 11 is 0. The molecule has 35 heavy (non-hydrogen) atoms. The number of hydrogen-bond donors (Lipinski definition) is 2. The van der Waals surface area contributed by atoms with Crippen LogP contribution in [0.3, 0.4) is 0 Å². The van der Waals surface area contributed by atoms with E-state index < -0.39 is 58.9 Å².